The van der Waals surface area contributed by atoms with Crippen molar-refractivity contribution in [3.8, 4) is 0 Å². The van der Waals surface area contributed by atoms with Gasteiger partial charge in [0, 0.05) is 25.2 Å². The molecular weight excluding hydrogens is 305 g/mol. The third-order valence-electron chi connectivity index (χ3n) is 3.46. The van der Waals surface area contributed by atoms with Crippen LogP contribution in [0.3, 0.4) is 0 Å². The van der Waals surface area contributed by atoms with E-state index >= 15 is 0 Å². The van der Waals surface area contributed by atoms with E-state index < -0.39 is 23.8 Å². The summed E-state index contributed by atoms with van der Waals surface area (Å²) >= 11 is 0. The highest BCUT2D eigenvalue weighted by molar-refractivity contribution is 5.19. The third kappa shape index (κ3) is 5.67. The second kappa shape index (κ2) is 8.10. The summed E-state index contributed by atoms with van der Waals surface area (Å²) in [4.78, 5) is 0. The van der Waals surface area contributed by atoms with E-state index in [2.05, 4.69) is 5.32 Å². The lowest BCUT2D eigenvalue weighted by Crippen LogP contribution is -2.43. The van der Waals surface area contributed by atoms with Crippen LogP contribution in [0.15, 0.2) is 42.5 Å². The number of rotatable bonds is 7. The van der Waals surface area contributed by atoms with Crippen LogP contribution in [0.25, 0.3) is 0 Å². The summed E-state index contributed by atoms with van der Waals surface area (Å²) in [6.07, 6.45) is -0.743. The predicted molar refractivity (Wildman–Crippen MR) is 82.2 cm³/mol. The van der Waals surface area contributed by atoms with Gasteiger partial charge in [0.2, 0.25) is 0 Å². The molecule has 0 fully saturated rings. The normalized spacial score (nSPS) is 13.8. The lowest BCUT2D eigenvalue weighted by molar-refractivity contribution is 0.141. The van der Waals surface area contributed by atoms with Crippen LogP contribution >= 0.6 is 0 Å². The molecule has 2 rings (SSSR count). The molecule has 0 saturated heterocycles. The Kier molecular flexibility index (Phi) is 6.15. The highest BCUT2D eigenvalue weighted by Crippen LogP contribution is 2.11. The van der Waals surface area contributed by atoms with E-state index in [1.807, 2.05) is 0 Å². The number of aliphatic hydroxyl groups excluding tert-OH is 1. The second-order valence-corrected chi connectivity index (χ2v) is 5.47. The number of benzene rings is 2. The molecule has 2 aromatic carbocycles. The zero-order valence-corrected chi connectivity index (χ0v) is 12.5. The van der Waals surface area contributed by atoms with Crippen molar-refractivity contribution in [2.24, 2.45) is 5.73 Å². The SMILES string of the molecule is N[C@@H](Cc1cc(F)cc(F)c1)[C@H](O)CNCc1cccc(F)c1. The van der Waals surface area contributed by atoms with Gasteiger partial charge >= 0.3 is 0 Å². The van der Waals surface area contributed by atoms with Crippen LogP contribution in [0.5, 0.6) is 0 Å². The van der Waals surface area contributed by atoms with Gasteiger partial charge in [0.25, 0.3) is 0 Å². The van der Waals surface area contributed by atoms with Crippen molar-refractivity contribution in [1.29, 1.82) is 0 Å². The fraction of sp³-hybridized carbons (Fsp3) is 0.294. The van der Waals surface area contributed by atoms with Crippen molar-refractivity contribution in [1.82, 2.24) is 5.32 Å². The lowest BCUT2D eigenvalue weighted by Gasteiger charge is -2.19. The Bertz CT molecular complexity index is 631. The maximum Gasteiger partial charge on any atom is 0.126 e. The molecule has 124 valence electrons. The van der Waals surface area contributed by atoms with Crippen LogP contribution in [0.1, 0.15) is 11.1 Å². The van der Waals surface area contributed by atoms with Crippen LogP contribution in [-0.4, -0.2) is 23.8 Å². The van der Waals surface area contributed by atoms with E-state index in [1.165, 1.54) is 24.3 Å². The molecule has 0 aromatic heterocycles. The van der Waals surface area contributed by atoms with Gasteiger partial charge in [-0.1, -0.05) is 12.1 Å². The van der Waals surface area contributed by atoms with Crippen LogP contribution < -0.4 is 11.1 Å². The zero-order chi connectivity index (χ0) is 16.8. The number of nitrogens with one attached hydrogen (secondary N) is 1. The van der Waals surface area contributed by atoms with Gasteiger partial charge in [-0.15, -0.1) is 0 Å². The molecule has 23 heavy (non-hydrogen) atoms. The predicted octanol–water partition coefficient (Wildman–Crippen LogP) is 2.12. The fourth-order valence-electron chi connectivity index (χ4n) is 2.30. The molecule has 0 aliphatic rings. The number of halogens is 3. The van der Waals surface area contributed by atoms with Crippen LogP contribution in [0, 0.1) is 17.5 Å². The molecular formula is C17H19F3N2O. The van der Waals surface area contributed by atoms with E-state index in [0.717, 1.165) is 11.6 Å². The first-order chi connectivity index (χ1) is 10.9. The first kappa shape index (κ1) is 17.5. The van der Waals surface area contributed by atoms with Gasteiger partial charge in [-0.05, 0) is 41.8 Å². The van der Waals surface area contributed by atoms with Crippen molar-refractivity contribution in [3.63, 3.8) is 0 Å². The van der Waals surface area contributed by atoms with Crippen molar-refractivity contribution in [2.45, 2.75) is 25.1 Å². The maximum atomic E-state index is 13.1. The summed E-state index contributed by atoms with van der Waals surface area (Å²) in [5, 5.41) is 13.0. The third-order valence-corrected chi connectivity index (χ3v) is 3.46. The number of hydrogen-bond donors (Lipinski definition) is 3. The molecule has 0 amide bonds. The monoisotopic (exact) mass is 324 g/mol. The van der Waals surface area contributed by atoms with E-state index in [-0.39, 0.29) is 18.8 Å². The average molecular weight is 324 g/mol. The molecule has 4 N–H and O–H groups in total. The van der Waals surface area contributed by atoms with Gasteiger partial charge in [-0.2, -0.15) is 0 Å². The van der Waals surface area contributed by atoms with E-state index in [9.17, 15) is 18.3 Å². The molecule has 0 spiro atoms. The Balaban J connectivity index is 1.81. The van der Waals surface area contributed by atoms with Crippen LogP contribution in [0.4, 0.5) is 13.2 Å². The molecule has 2 atom stereocenters. The summed E-state index contributed by atoms with van der Waals surface area (Å²) in [5.41, 5.74) is 6.99. The molecule has 0 bridgehead atoms. The van der Waals surface area contributed by atoms with E-state index in [1.54, 1.807) is 12.1 Å². The zero-order valence-electron chi connectivity index (χ0n) is 12.5. The fourth-order valence-corrected chi connectivity index (χ4v) is 2.30. The molecule has 0 aliphatic carbocycles. The summed E-state index contributed by atoms with van der Waals surface area (Å²) < 4.78 is 39.3. The minimum Gasteiger partial charge on any atom is -0.390 e. The smallest absolute Gasteiger partial charge is 0.126 e. The molecule has 0 aliphatic heterocycles. The number of nitrogens with two attached hydrogens (primary N) is 1. The van der Waals surface area contributed by atoms with Gasteiger partial charge < -0.3 is 16.2 Å². The first-order valence-corrected chi connectivity index (χ1v) is 7.28. The van der Waals surface area contributed by atoms with Gasteiger partial charge in [-0.25, -0.2) is 13.2 Å². The first-order valence-electron chi connectivity index (χ1n) is 7.28. The van der Waals surface area contributed by atoms with Crippen molar-refractivity contribution in [2.75, 3.05) is 6.54 Å². The lowest BCUT2D eigenvalue weighted by atomic mass is 10.0. The topological polar surface area (TPSA) is 58.3 Å². The van der Waals surface area contributed by atoms with Gasteiger partial charge in [0.05, 0.1) is 6.10 Å². The minimum atomic E-state index is -0.894. The van der Waals surface area contributed by atoms with Crippen molar-refractivity contribution >= 4 is 0 Å². The summed E-state index contributed by atoms with van der Waals surface area (Å²) in [6, 6.07) is 8.61. The number of hydrogen-bond acceptors (Lipinski definition) is 3. The second-order valence-electron chi connectivity index (χ2n) is 5.47. The van der Waals surface area contributed by atoms with Crippen molar-refractivity contribution in [3.05, 3.63) is 71.0 Å². The van der Waals surface area contributed by atoms with E-state index in [4.69, 9.17) is 5.73 Å². The largest absolute Gasteiger partial charge is 0.390 e. The Labute approximate surface area is 132 Å². The minimum absolute atomic E-state index is 0.150. The molecule has 3 nitrogen and oxygen atoms in total. The Morgan fingerprint density at radius 3 is 2.26 bits per heavy atom. The van der Waals surface area contributed by atoms with Gasteiger partial charge in [0.15, 0.2) is 0 Å². The van der Waals surface area contributed by atoms with E-state index in [0.29, 0.717) is 12.1 Å². The Morgan fingerprint density at radius 2 is 1.61 bits per heavy atom. The molecule has 0 radical (unpaired) electrons. The molecule has 6 heteroatoms. The summed E-state index contributed by atoms with van der Waals surface area (Å²) in [5.74, 6) is -1.67. The van der Waals surface area contributed by atoms with Crippen LogP contribution in [-0.2, 0) is 13.0 Å². The Morgan fingerprint density at radius 1 is 0.957 bits per heavy atom. The number of aliphatic hydroxyl groups is 1. The highest BCUT2D eigenvalue weighted by atomic mass is 19.1. The highest BCUT2D eigenvalue weighted by Gasteiger charge is 2.16. The average Bonchev–Trinajstić information content (AvgIpc) is 2.46. The standard InChI is InChI=1S/C17H19F3N2O/c18-13-3-1-2-11(4-13)9-22-10-17(23)16(21)7-12-5-14(19)8-15(20)6-12/h1-6,8,16-17,22-23H,7,9-10,21H2/t16-,17+/m0/s1. The molecule has 0 unspecified atom stereocenters. The summed E-state index contributed by atoms with van der Waals surface area (Å²) in [7, 11) is 0. The quantitative estimate of drug-likeness (QED) is 0.731. The maximum absolute atomic E-state index is 13.1. The van der Waals surface area contributed by atoms with Gasteiger partial charge in [-0.3, -0.25) is 0 Å². The molecule has 0 saturated carbocycles. The Hall–Kier alpha value is -1.89. The summed E-state index contributed by atoms with van der Waals surface area (Å²) in [6.45, 7) is 0.575. The molecule has 2 aromatic rings. The molecule has 0 heterocycles. The van der Waals surface area contributed by atoms with Crippen LogP contribution in [0.2, 0.25) is 0 Å². The van der Waals surface area contributed by atoms with Gasteiger partial charge in [0.1, 0.15) is 17.5 Å². The van der Waals surface area contributed by atoms with Crippen molar-refractivity contribution < 1.29 is 18.3 Å².